The zero-order valence-electron chi connectivity index (χ0n) is 12.2. The lowest BCUT2D eigenvalue weighted by molar-refractivity contribution is 0.795. The third-order valence-corrected chi connectivity index (χ3v) is 3.56. The molecule has 106 valence electrons. The average Bonchev–Trinajstić information content (AvgIpc) is 2.92. The lowest BCUT2D eigenvalue weighted by Gasteiger charge is -2.11. The first kappa shape index (κ1) is 13.5. The van der Waals surface area contributed by atoms with Crippen LogP contribution in [0, 0.1) is 13.8 Å². The fourth-order valence-corrected chi connectivity index (χ4v) is 2.55. The summed E-state index contributed by atoms with van der Waals surface area (Å²) in [7, 11) is 0. The van der Waals surface area contributed by atoms with Crippen LogP contribution >= 0.6 is 0 Å². The summed E-state index contributed by atoms with van der Waals surface area (Å²) < 4.78 is 1.88. The molecule has 1 heterocycles. The van der Waals surface area contributed by atoms with Gasteiger partial charge in [-0.05, 0) is 25.5 Å². The molecule has 3 rings (SSSR count). The minimum absolute atomic E-state index is 0.370. The molecule has 0 radical (unpaired) electrons. The Morgan fingerprint density at radius 2 is 1.81 bits per heavy atom. The van der Waals surface area contributed by atoms with Gasteiger partial charge in [0.1, 0.15) is 5.69 Å². The molecule has 0 aliphatic heterocycles. The van der Waals surface area contributed by atoms with Gasteiger partial charge in [-0.1, -0.05) is 53.2 Å². The molecule has 1 aromatic heterocycles. The summed E-state index contributed by atoms with van der Waals surface area (Å²) in [6.07, 6.45) is 0. The minimum atomic E-state index is 0.370. The Labute approximate surface area is 124 Å². The Kier molecular flexibility index (Phi) is 3.54. The molecule has 3 aromatic rings. The van der Waals surface area contributed by atoms with Crippen molar-refractivity contribution in [1.29, 1.82) is 0 Å². The van der Waals surface area contributed by atoms with Crippen LogP contribution in [0.1, 0.15) is 16.8 Å². The van der Waals surface area contributed by atoms with Crippen molar-refractivity contribution in [3.05, 3.63) is 65.4 Å². The van der Waals surface area contributed by atoms with E-state index in [4.69, 9.17) is 5.73 Å². The number of benzene rings is 2. The maximum absolute atomic E-state index is 5.83. The number of nitrogens with zero attached hydrogens (tertiary/aromatic N) is 3. The van der Waals surface area contributed by atoms with E-state index in [-0.39, 0.29) is 0 Å². The summed E-state index contributed by atoms with van der Waals surface area (Å²) in [5, 5.41) is 8.55. The van der Waals surface area contributed by atoms with Crippen molar-refractivity contribution in [1.82, 2.24) is 15.0 Å². The monoisotopic (exact) mass is 278 g/mol. The van der Waals surface area contributed by atoms with E-state index in [2.05, 4.69) is 54.5 Å². The van der Waals surface area contributed by atoms with E-state index in [1.54, 1.807) is 0 Å². The van der Waals surface area contributed by atoms with Gasteiger partial charge >= 0.3 is 0 Å². The standard InChI is InChI=1S/C17H18N4/c1-12-8-9-16(13(2)10-12)21-17(15(11-18)19-20-21)14-6-4-3-5-7-14/h3-10H,11,18H2,1-2H3. The van der Waals surface area contributed by atoms with E-state index in [1.807, 2.05) is 22.9 Å². The largest absolute Gasteiger partial charge is 0.325 e. The maximum Gasteiger partial charge on any atom is 0.105 e. The van der Waals surface area contributed by atoms with Crippen LogP contribution in [-0.4, -0.2) is 15.0 Å². The molecule has 4 nitrogen and oxygen atoms in total. The number of hydrogen-bond acceptors (Lipinski definition) is 3. The molecule has 21 heavy (non-hydrogen) atoms. The molecule has 0 saturated heterocycles. The number of rotatable bonds is 3. The first-order valence-corrected chi connectivity index (χ1v) is 6.98. The third-order valence-electron chi connectivity index (χ3n) is 3.56. The lowest BCUT2D eigenvalue weighted by atomic mass is 10.1. The smallest absolute Gasteiger partial charge is 0.105 e. The molecule has 0 fully saturated rings. The number of nitrogens with two attached hydrogens (primary N) is 1. The predicted molar refractivity (Wildman–Crippen MR) is 84.2 cm³/mol. The molecule has 0 atom stereocenters. The zero-order valence-corrected chi connectivity index (χ0v) is 12.2. The van der Waals surface area contributed by atoms with Crippen LogP contribution in [0.2, 0.25) is 0 Å². The number of aryl methyl sites for hydroxylation is 2. The highest BCUT2D eigenvalue weighted by atomic mass is 15.4. The van der Waals surface area contributed by atoms with Gasteiger partial charge in [0.05, 0.1) is 11.4 Å². The van der Waals surface area contributed by atoms with E-state index in [1.165, 1.54) is 11.1 Å². The van der Waals surface area contributed by atoms with Crippen LogP contribution in [0.3, 0.4) is 0 Å². The van der Waals surface area contributed by atoms with Crippen molar-refractivity contribution >= 4 is 0 Å². The molecule has 0 aliphatic carbocycles. The molecule has 2 aromatic carbocycles. The van der Waals surface area contributed by atoms with Gasteiger partial charge in [0.15, 0.2) is 0 Å². The van der Waals surface area contributed by atoms with Crippen molar-refractivity contribution in [3.8, 4) is 16.9 Å². The summed E-state index contributed by atoms with van der Waals surface area (Å²) in [5.41, 5.74) is 12.1. The molecule has 0 spiro atoms. The van der Waals surface area contributed by atoms with E-state index < -0.39 is 0 Å². The van der Waals surface area contributed by atoms with E-state index in [9.17, 15) is 0 Å². The van der Waals surface area contributed by atoms with Crippen molar-refractivity contribution in [2.24, 2.45) is 5.73 Å². The highest BCUT2D eigenvalue weighted by Crippen LogP contribution is 2.26. The fraction of sp³-hybridized carbons (Fsp3) is 0.176. The second-order valence-electron chi connectivity index (χ2n) is 5.16. The van der Waals surface area contributed by atoms with Gasteiger partial charge < -0.3 is 5.73 Å². The lowest BCUT2D eigenvalue weighted by Crippen LogP contribution is -2.04. The Balaban J connectivity index is 2.22. The van der Waals surface area contributed by atoms with Gasteiger partial charge in [0.25, 0.3) is 0 Å². The maximum atomic E-state index is 5.83. The first-order valence-electron chi connectivity index (χ1n) is 6.98. The first-order chi connectivity index (χ1) is 10.2. The summed E-state index contributed by atoms with van der Waals surface area (Å²) in [6.45, 7) is 4.54. The molecule has 0 saturated carbocycles. The number of hydrogen-bond donors (Lipinski definition) is 1. The van der Waals surface area contributed by atoms with Gasteiger partial charge in [0, 0.05) is 12.1 Å². The van der Waals surface area contributed by atoms with Gasteiger partial charge in [0.2, 0.25) is 0 Å². The van der Waals surface area contributed by atoms with Crippen LogP contribution in [0.15, 0.2) is 48.5 Å². The van der Waals surface area contributed by atoms with Gasteiger partial charge in [-0.15, -0.1) is 5.10 Å². The van der Waals surface area contributed by atoms with E-state index in [0.29, 0.717) is 6.54 Å². The van der Waals surface area contributed by atoms with Crippen molar-refractivity contribution in [3.63, 3.8) is 0 Å². The quantitative estimate of drug-likeness (QED) is 0.801. The van der Waals surface area contributed by atoms with Crippen LogP contribution in [-0.2, 0) is 6.54 Å². The average molecular weight is 278 g/mol. The Morgan fingerprint density at radius 3 is 2.48 bits per heavy atom. The van der Waals surface area contributed by atoms with E-state index >= 15 is 0 Å². The van der Waals surface area contributed by atoms with Crippen molar-refractivity contribution in [2.45, 2.75) is 20.4 Å². The molecule has 0 aliphatic rings. The van der Waals surface area contributed by atoms with Crippen molar-refractivity contribution in [2.75, 3.05) is 0 Å². The van der Waals surface area contributed by atoms with Crippen LogP contribution in [0.5, 0.6) is 0 Å². The van der Waals surface area contributed by atoms with Crippen LogP contribution in [0.25, 0.3) is 16.9 Å². The Bertz CT molecular complexity index is 760. The highest BCUT2D eigenvalue weighted by Gasteiger charge is 2.16. The Morgan fingerprint density at radius 1 is 1.05 bits per heavy atom. The van der Waals surface area contributed by atoms with E-state index in [0.717, 1.165) is 22.6 Å². The van der Waals surface area contributed by atoms with Gasteiger partial charge in [-0.2, -0.15) is 0 Å². The van der Waals surface area contributed by atoms with Crippen molar-refractivity contribution < 1.29 is 0 Å². The SMILES string of the molecule is Cc1ccc(-n2nnc(CN)c2-c2ccccc2)c(C)c1. The molecular formula is C17H18N4. The second-order valence-corrected chi connectivity index (χ2v) is 5.16. The number of aromatic nitrogens is 3. The minimum Gasteiger partial charge on any atom is -0.325 e. The molecule has 0 amide bonds. The fourth-order valence-electron chi connectivity index (χ4n) is 2.55. The summed E-state index contributed by atoms with van der Waals surface area (Å²) in [6, 6.07) is 16.4. The van der Waals surface area contributed by atoms with Crippen LogP contribution in [0.4, 0.5) is 0 Å². The molecule has 4 heteroatoms. The molecule has 2 N–H and O–H groups in total. The molecular weight excluding hydrogens is 260 g/mol. The molecule has 0 unspecified atom stereocenters. The summed E-state index contributed by atoms with van der Waals surface area (Å²) >= 11 is 0. The summed E-state index contributed by atoms with van der Waals surface area (Å²) in [5.74, 6) is 0. The molecule has 0 bridgehead atoms. The highest BCUT2D eigenvalue weighted by molar-refractivity contribution is 5.65. The van der Waals surface area contributed by atoms with Gasteiger partial charge in [-0.3, -0.25) is 0 Å². The third kappa shape index (κ3) is 2.45. The van der Waals surface area contributed by atoms with Crippen LogP contribution < -0.4 is 5.73 Å². The van der Waals surface area contributed by atoms with Gasteiger partial charge in [-0.25, -0.2) is 4.68 Å². The normalized spacial score (nSPS) is 10.8. The predicted octanol–water partition coefficient (Wildman–Crippen LogP) is 3.01. The second kappa shape index (κ2) is 5.50. The zero-order chi connectivity index (χ0) is 14.8. The summed E-state index contributed by atoms with van der Waals surface area (Å²) in [4.78, 5) is 0. The Hall–Kier alpha value is -2.46. The topological polar surface area (TPSA) is 56.7 Å².